The largest absolute Gasteiger partial charge is 0.481 e. The molecule has 17 heavy (non-hydrogen) atoms. The van der Waals surface area contributed by atoms with Gasteiger partial charge in [-0.3, -0.25) is 9.59 Å². The number of carbonyl (C=O) groups excluding carboxylic acids is 1. The molecule has 90 valence electrons. The number of aryl methyl sites for hydroxylation is 1. The number of amides is 1. The van der Waals surface area contributed by atoms with E-state index >= 15 is 0 Å². The molecule has 1 N–H and O–H groups in total. The topological polar surface area (TPSA) is 70.5 Å². The van der Waals surface area contributed by atoms with Gasteiger partial charge >= 0.3 is 5.97 Å². The lowest BCUT2D eigenvalue weighted by Crippen LogP contribution is -2.50. The Kier molecular flexibility index (Phi) is 3.08. The fourth-order valence-corrected chi connectivity index (χ4v) is 1.94. The van der Waals surface area contributed by atoms with Gasteiger partial charge in [0, 0.05) is 24.7 Å². The van der Waals surface area contributed by atoms with Crippen LogP contribution in [0, 0.1) is 12.8 Å². The Bertz CT molecular complexity index is 453. The molecule has 0 radical (unpaired) electrons. The fraction of sp³-hybridized carbons (Fsp3) is 0.417. The molecule has 1 aromatic rings. The third-order valence-electron chi connectivity index (χ3n) is 2.82. The Morgan fingerprint density at radius 2 is 2.18 bits per heavy atom. The van der Waals surface area contributed by atoms with Gasteiger partial charge in [-0.25, -0.2) is 4.98 Å². The maximum Gasteiger partial charge on any atom is 0.303 e. The lowest BCUT2D eigenvalue weighted by molar-refractivity contribution is -0.139. The highest BCUT2D eigenvalue weighted by Crippen LogP contribution is 2.20. The number of pyridine rings is 1. The quantitative estimate of drug-likeness (QED) is 0.844. The molecule has 0 saturated carbocycles. The Labute approximate surface area is 99.1 Å². The van der Waals surface area contributed by atoms with Crippen LogP contribution in [-0.2, 0) is 4.79 Å². The molecule has 1 fully saturated rings. The van der Waals surface area contributed by atoms with E-state index in [-0.39, 0.29) is 18.2 Å². The van der Waals surface area contributed by atoms with Gasteiger partial charge in [-0.1, -0.05) is 6.07 Å². The molecule has 1 aliphatic rings. The smallest absolute Gasteiger partial charge is 0.303 e. The van der Waals surface area contributed by atoms with Crippen molar-refractivity contribution in [3.05, 3.63) is 29.6 Å². The van der Waals surface area contributed by atoms with E-state index in [0.29, 0.717) is 18.8 Å². The molecule has 2 rings (SSSR count). The summed E-state index contributed by atoms with van der Waals surface area (Å²) in [4.78, 5) is 28.2. The summed E-state index contributed by atoms with van der Waals surface area (Å²) in [7, 11) is 0. The van der Waals surface area contributed by atoms with Gasteiger partial charge in [-0.05, 0) is 19.1 Å². The summed E-state index contributed by atoms with van der Waals surface area (Å²) in [5.74, 6) is -0.840. The van der Waals surface area contributed by atoms with Gasteiger partial charge in [0.05, 0.1) is 6.42 Å². The molecular weight excluding hydrogens is 220 g/mol. The summed E-state index contributed by atoms with van der Waals surface area (Å²) in [5.41, 5.74) is 1.23. The van der Waals surface area contributed by atoms with Gasteiger partial charge in [-0.15, -0.1) is 0 Å². The van der Waals surface area contributed by atoms with Crippen molar-refractivity contribution in [1.29, 1.82) is 0 Å². The lowest BCUT2D eigenvalue weighted by Gasteiger charge is -2.38. The molecule has 0 atom stereocenters. The zero-order valence-corrected chi connectivity index (χ0v) is 9.59. The van der Waals surface area contributed by atoms with E-state index in [9.17, 15) is 9.59 Å². The first-order valence-electron chi connectivity index (χ1n) is 5.51. The monoisotopic (exact) mass is 234 g/mol. The summed E-state index contributed by atoms with van der Waals surface area (Å²) in [6, 6.07) is 5.31. The van der Waals surface area contributed by atoms with Gasteiger partial charge in [-0.2, -0.15) is 0 Å². The van der Waals surface area contributed by atoms with Crippen LogP contribution in [0.5, 0.6) is 0 Å². The van der Waals surface area contributed by atoms with Crippen molar-refractivity contribution in [2.45, 2.75) is 13.3 Å². The minimum absolute atomic E-state index is 0.0845. The van der Waals surface area contributed by atoms with Crippen LogP contribution in [0.3, 0.4) is 0 Å². The molecule has 1 aliphatic heterocycles. The second-order valence-corrected chi connectivity index (χ2v) is 4.34. The van der Waals surface area contributed by atoms with Gasteiger partial charge in [0.25, 0.3) is 5.91 Å². The molecule has 1 saturated heterocycles. The number of carboxylic acids is 1. The first kappa shape index (κ1) is 11.6. The molecule has 1 amide bonds. The van der Waals surface area contributed by atoms with E-state index in [1.54, 1.807) is 17.0 Å². The number of hydrogen-bond acceptors (Lipinski definition) is 3. The van der Waals surface area contributed by atoms with E-state index < -0.39 is 5.97 Å². The summed E-state index contributed by atoms with van der Waals surface area (Å²) in [5, 5.41) is 8.61. The Hall–Kier alpha value is -1.91. The summed E-state index contributed by atoms with van der Waals surface area (Å²) in [6.07, 6.45) is 0.130. The van der Waals surface area contributed by atoms with Crippen LogP contribution < -0.4 is 0 Å². The lowest BCUT2D eigenvalue weighted by atomic mass is 9.96. The zero-order valence-electron chi connectivity index (χ0n) is 9.59. The Balaban J connectivity index is 1.93. The molecule has 5 nitrogen and oxygen atoms in total. The number of carboxylic acid groups (broad SMARTS) is 1. The van der Waals surface area contributed by atoms with Gasteiger partial charge < -0.3 is 10.0 Å². The third kappa shape index (κ3) is 2.61. The van der Waals surface area contributed by atoms with Crippen LogP contribution in [0.25, 0.3) is 0 Å². The van der Waals surface area contributed by atoms with Crippen molar-refractivity contribution < 1.29 is 14.7 Å². The second kappa shape index (κ2) is 4.53. The van der Waals surface area contributed by atoms with Crippen LogP contribution in [0.15, 0.2) is 18.2 Å². The molecule has 0 bridgehead atoms. The van der Waals surface area contributed by atoms with Crippen molar-refractivity contribution in [2.75, 3.05) is 13.1 Å². The molecule has 0 unspecified atom stereocenters. The van der Waals surface area contributed by atoms with Crippen LogP contribution >= 0.6 is 0 Å². The third-order valence-corrected chi connectivity index (χ3v) is 2.82. The molecular formula is C12H14N2O3. The van der Waals surface area contributed by atoms with Gasteiger partial charge in [0.15, 0.2) is 0 Å². The highest BCUT2D eigenvalue weighted by Gasteiger charge is 2.32. The van der Waals surface area contributed by atoms with Crippen LogP contribution in [-0.4, -0.2) is 40.0 Å². The maximum absolute atomic E-state index is 11.9. The van der Waals surface area contributed by atoms with Crippen molar-refractivity contribution >= 4 is 11.9 Å². The number of hydrogen-bond donors (Lipinski definition) is 1. The van der Waals surface area contributed by atoms with Gasteiger partial charge in [0.1, 0.15) is 5.69 Å². The number of aliphatic carboxylic acids is 1. The normalized spacial score (nSPS) is 15.5. The van der Waals surface area contributed by atoms with Crippen LogP contribution in [0.4, 0.5) is 0 Å². The molecule has 5 heteroatoms. The highest BCUT2D eigenvalue weighted by molar-refractivity contribution is 5.93. The van der Waals surface area contributed by atoms with Gasteiger partial charge in [0.2, 0.25) is 0 Å². The fourth-order valence-electron chi connectivity index (χ4n) is 1.94. The summed E-state index contributed by atoms with van der Waals surface area (Å²) < 4.78 is 0. The number of likely N-dealkylation sites (tertiary alicyclic amines) is 1. The van der Waals surface area contributed by atoms with E-state index in [4.69, 9.17) is 5.11 Å². The number of nitrogens with zero attached hydrogens (tertiary/aromatic N) is 2. The predicted octanol–water partition coefficient (Wildman–Crippen LogP) is 0.937. The predicted molar refractivity (Wildman–Crippen MR) is 60.6 cm³/mol. The standard InChI is InChI=1S/C12H14N2O3/c1-8-3-2-4-10(13-8)12(17)14-6-9(7-14)5-11(15)16/h2-4,9H,5-7H2,1H3,(H,15,16). The molecule has 2 heterocycles. The van der Waals surface area contributed by atoms with Crippen LogP contribution in [0.1, 0.15) is 22.6 Å². The maximum atomic E-state index is 11.9. The van der Waals surface area contributed by atoms with E-state index in [1.165, 1.54) is 0 Å². The van der Waals surface area contributed by atoms with Crippen LogP contribution in [0.2, 0.25) is 0 Å². The highest BCUT2D eigenvalue weighted by atomic mass is 16.4. The minimum atomic E-state index is -0.809. The molecule has 1 aromatic heterocycles. The number of rotatable bonds is 3. The number of carbonyl (C=O) groups is 2. The SMILES string of the molecule is Cc1cccc(C(=O)N2CC(CC(=O)O)C2)n1. The van der Waals surface area contributed by atoms with Crippen molar-refractivity contribution in [3.63, 3.8) is 0 Å². The summed E-state index contributed by atoms with van der Waals surface area (Å²) in [6.45, 7) is 2.86. The van der Waals surface area contributed by atoms with Crippen molar-refractivity contribution in [3.8, 4) is 0 Å². The van der Waals surface area contributed by atoms with E-state index in [0.717, 1.165) is 5.69 Å². The number of aromatic nitrogens is 1. The first-order chi connectivity index (χ1) is 8.06. The average Bonchev–Trinajstić information content (AvgIpc) is 2.21. The molecule has 0 aromatic carbocycles. The Morgan fingerprint density at radius 1 is 1.47 bits per heavy atom. The Morgan fingerprint density at radius 3 is 2.76 bits per heavy atom. The average molecular weight is 234 g/mol. The van der Waals surface area contributed by atoms with Crippen molar-refractivity contribution in [2.24, 2.45) is 5.92 Å². The first-order valence-corrected chi connectivity index (χ1v) is 5.51. The summed E-state index contributed by atoms with van der Waals surface area (Å²) >= 11 is 0. The molecule has 0 spiro atoms. The zero-order chi connectivity index (χ0) is 12.4. The van der Waals surface area contributed by atoms with E-state index in [1.807, 2.05) is 13.0 Å². The van der Waals surface area contributed by atoms with E-state index in [2.05, 4.69) is 4.98 Å². The molecule has 0 aliphatic carbocycles. The minimum Gasteiger partial charge on any atom is -0.481 e. The van der Waals surface area contributed by atoms with Crippen molar-refractivity contribution in [1.82, 2.24) is 9.88 Å². The second-order valence-electron chi connectivity index (χ2n) is 4.34.